The number of nitrogens with two attached hydrogens (primary N) is 1. The van der Waals surface area contributed by atoms with Crippen molar-refractivity contribution < 1.29 is 17.9 Å². The molecule has 1 heterocycles. The van der Waals surface area contributed by atoms with Crippen molar-refractivity contribution in [1.29, 1.82) is 0 Å². The molecule has 20 heavy (non-hydrogen) atoms. The fourth-order valence-corrected chi connectivity index (χ4v) is 2.53. The SMILES string of the molecule is Cc1nc(OC2CCC(C(F)(F)F)CC2)ccc1CN. The van der Waals surface area contributed by atoms with Crippen LogP contribution in [0, 0.1) is 12.8 Å². The summed E-state index contributed by atoms with van der Waals surface area (Å²) in [6.45, 7) is 2.26. The number of aromatic nitrogens is 1. The van der Waals surface area contributed by atoms with Crippen LogP contribution in [0.4, 0.5) is 13.2 Å². The number of ether oxygens (including phenoxy) is 1. The lowest BCUT2D eigenvalue weighted by Crippen LogP contribution is -2.32. The van der Waals surface area contributed by atoms with Crippen molar-refractivity contribution in [3.63, 3.8) is 0 Å². The van der Waals surface area contributed by atoms with E-state index in [1.165, 1.54) is 0 Å². The van der Waals surface area contributed by atoms with Gasteiger partial charge in [-0.2, -0.15) is 13.2 Å². The predicted octanol–water partition coefficient (Wildman–Crippen LogP) is 3.35. The number of alkyl halides is 3. The van der Waals surface area contributed by atoms with Gasteiger partial charge >= 0.3 is 6.18 Å². The number of rotatable bonds is 3. The topological polar surface area (TPSA) is 48.1 Å². The molecule has 1 aliphatic carbocycles. The first-order valence-corrected chi connectivity index (χ1v) is 6.80. The smallest absolute Gasteiger partial charge is 0.391 e. The molecule has 0 aliphatic heterocycles. The van der Waals surface area contributed by atoms with Crippen LogP contribution < -0.4 is 10.5 Å². The molecule has 0 saturated heterocycles. The minimum Gasteiger partial charge on any atom is -0.474 e. The van der Waals surface area contributed by atoms with E-state index in [9.17, 15) is 13.2 Å². The van der Waals surface area contributed by atoms with Crippen molar-refractivity contribution in [2.24, 2.45) is 11.7 Å². The quantitative estimate of drug-likeness (QED) is 0.928. The summed E-state index contributed by atoms with van der Waals surface area (Å²) in [5.74, 6) is -0.716. The van der Waals surface area contributed by atoms with Gasteiger partial charge < -0.3 is 10.5 Å². The third-order valence-corrected chi connectivity index (χ3v) is 3.81. The first-order valence-electron chi connectivity index (χ1n) is 6.80. The van der Waals surface area contributed by atoms with E-state index < -0.39 is 12.1 Å². The van der Waals surface area contributed by atoms with Gasteiger partial charge in [0.25, 0.3) is 0 Å². The lowest BCUT2D eigenvalue weighted by atomic mass is 9.87. The molecule has 0 atom stereocenters. The van der Waals surface area contributed by atoms with Crippen LogP contribution in [0.25, 0.3) is 0 Å². The molecular weight excluding hydrogens is 269 g/mol. The molecule has 112 valence electrons. The van der Waals surface area contributed by atoms with Gasteiger partial charge in [0.15, 0.2) is 0 Å². The molecular formula is C14H19F3N2O. The Kier molecular flexibility index (Phi) is 4.52. The van der Waals surface area contributed by atoms with Crippen molar-refractivity contribution in [1.82, 2.24) is 4.98 Å². The van der Waals surface area contributed by atoms with Gasteiger partial charge in [0, 0.05) is 18.3 Å². The van der Waals surface area contributed by atoms with Crippen LogP contribution in [-0.2, 0) is 6.54 Å². The van der Waals surface area contributed by atoms with E-state index in [2.05, 4.69) is 4.98 Å². The van der Waals surface area contributed by atoms with Crippen molar-refractivity contribution in [3.05, 3.63) is 23.4 Å². The van der Waals surface area contributed by atoms with Crippen molar-refractivity contribution in [2.45, 2.75) is 51.4 Å². The lowest BCUT2D eigenvalue weighted by Gasteiger charge is -2.29. The van der Waals surface area contributed by atoms with Gasteiger partial charge in [-0.05, 0) is 38.2 Å². The zero-order valence-corrected chi connectivity index (χ0v) is 11.4. The molecule has 0 bridgehead atoms. The van der Waals surface area contributed by atoms with Gasteiger partial charge in [-0.15, -0.1) is 0 Å². The average Bonchev–Trinajstić information content (AvgIpc) is 2.38. The van der Waals surface area contributed by atoms with Crippen LogP contribution in [0.2, 0.25) is 0 Å². The Morgan fingerprint density at radius 2 is 1.90 bits per heavy atom. The highest BCUT2D eigenvalue weighted by Gasteiger charge is 2.41. The number of hydrogen-bond acceptors (Lipinski definition) is 3. The average molecular weight is 288 g/mol. The predicted molar refractivity (Wildman–Crippen MR) is 69.3 cm³/mol. The second-order valence-corrected chi connectivity index (χ2v) is 5.23. The highest BCUT2D eigenvalue weighted by molar-refractivity contribution is 5.24. The normalized spacial score (nSPS) is 23.6. The maximum absolute atomic E-state index is 12.6. The molecule has 0 spiro atoms. The molecule has 1 aliphatic rings. The van der Waals surface area contributed by atoms with Crippen LogP contribution in [0.3, 0.4) is 0 Å². The van der Waals surface area contributed by atoms with E-state index in [4.69, 9.17) is 10.5 Å². The molecule has 0 amide bonds. The molecule has 3 nitrogen and oxygen atoms in total. The van der Waals surface area contributed by atoms with Crippen LogP contribution in [0.5, 0.6) is 5.88 Å². The molecule has 6 heteroatoms. The van der Waals surface area contributed by atoms with Gasteiger partial charge in [-0.3, -0.25) is 0 Å². The minimum absolute atomic E-state index is 0.133. The number of hydrogen-bond donors (Lipinski definition) is 1. The summed E-state index contributed by atoms with van der Waals surface area (Å²) in [5.41, 5.74) is 7.30. The number of aryl methyl sites for hydroxylation is 1. The fraction of sp³-hybridized carbons (Fsp3) is 0.643. The van der Waals surface area contributed by atoms with Crippen molar-refractivity contribution in [2.75, 3.05) is 0 Å². The monoisotopic (exact) mass is 288 g/mol. The highest BCUT2D eigenvalue weighted by atomic mass is 19.4. The Balaban J connectivity index is 1.91. The van der Waals surface area contributed by atoms with Crippen LogP contribution in [-0.4, -0.2) is 17.3 Å². The zero-order chi connectivity index (χ0) is 14.8. The summed E-state index contributed by atoms with van der Waals surface area (Å²) in [4.78, 5) is 4.28. The minimum atomic E-state index is -4.08. The van der Waals surface area contributed by atoms with Crippen molar-refractivity contribution >= 4 is 0 Å². The number of halogens is 3. The molecule has 0 unspecified atom stereocenters. The maximum Gasteiger partial charge on any atom is 0.391 e. The first kappa shape index (κ1) is 15.1. The van der Waals surface area contributed by atoms with E-state index in [0.29, 0.717) is 25.3 Å². The Morgan fingerprint density at radius 3 is 2.40 bits per heavy atom. The summed E-state index contributed by atoms with van der Waals surface area (Å²) in [6, 6.07) is 3.57. The number of pyridine rings is 1. The largest absolute Gasteiger partial charge is 0.474 e. The fourth-order valence-electron chi connectivity index (χ4n) is 2.53. The third-order valence-electron chi connectivity index (χ3n) is 3.81. The molecule has 0 aromatic carbocycles. The Hall–Kier alpha value is -1.30. The molecule has 1 aromatic rings. The highest BCUT2D eigenvalue weighted by Crippen LogP contribution is 2.38. The Bertz CT molecular complexity index is 454. The van der Waals surface area contributed by atoms with E-state index in [-0.39, 0.29) is 18.9 Å². The third kappa shape index (κ3) is 3.62. The molecule has 0 radical (unpaired) electrons. The van der Waals surface area contributed by atoms with E-state index in [1.807, 2.05) is 13.0 Å². The van der Waals surface area contributed by atoms with E-state index >= 15 is 0 Å². The van der Waals surface area contributed by atoms with Gasteiger partial charge in [0.05, 0.1) is 5.92 Å². The second-order valence-electron chi connectivity index (χ2n) is 5.23. The Labute approximate surface area is 116 Å². The molecule has 1 aromatic heterocycles. The van der Waals surface area contributed by atoms with Crippen LogP contribution in [0.1, 0.15) is 36.9 Å². The molecule has 1 fully saturated rings. The summed E-state index contributed by atoms with van der Waals surface area (Å²) >= 11 is 0. The zero-order valence-electron chi connectivity index (χ0n) is 11.4. The standard InChI is InChI=1S/C14H19F3N2O/c1-9-10(8-18)2-7-13(19-9)20-12-5-3-11(4-6-12)14(15,16)17/h2,7,11-12H,3-6,8,18H2,1H3. The van der Waals surface area contributed by atoms with Gasteiger partial charge in [-0.25, -0.2) is 4.98 Å². The molecule has 1 saturated carbocycles. The first-order chi connectivity index (χ1) is 9.40. The maximum atomic E-state index is 12.6. The molecule has 2 N–H and O–H groups in total. The second kappa shape index (κ2) is 5.99. The lowest BCUT2D eigenvalue weighted by molar-refractivity contribution is -0.185. The van der Waals surface area contributed by atoms with Gasteiger partial charge in [0.1, 0.15) is 6.10 Å². The van der Waals surface area contributed by atoms with E-state index in [1.54, 1.807) is 6.07 Å². The Morgan fingerprint density at radius 1 is 1.25 bits per heavy atom. The summed E-state index contributed by atoms with van der Waals surface area (Å²) < 4.78 is 43.4. The molecule has 2 rings (SSSR count). The van der Waals surface area contributed by atoms with Crippen LogP contribution in [0.15, 0.2) is 12.1 Å². The van der Waals surface area contributed by atoms with E-state index in [0.717, 1.165) is 11.3 Å². The van der Waals surface area contributed by atoms with Crippen LogP contribution >= 0.6 is 0 Å². The van der Waals surface area contributed by atoms with Gasteiger partial charge in [0.2, 0.25) is 5.88 Å². The summed E-state index contributed by atoms with van der Waals surface area (Å²) in [5, 5.41) is 0. The van der Waals surface area contributed by atoms with Gasteiger partial charge in [-0.1, -0.05) is 6.07 Å². The number of nitrogens with zero attached hydrogens (tertiary/aromatic N) is 1. The van der Waals surface area contributed by atoms with Crippen molar-refractivity contribution in [3.8, 4) is 5.88 Å². The summed E-state index contributed by atoms with van der Waals surface area (Å²) in [6.07, 6.45) is -3.15. The summed E-state index contributed by atoms with van der Waals surface area (Å²) in [7, 11) is 0.